The number of nitrogens with two attached hydrogens (primary N) is 1. The fourth-order valence-electron chi connectivity index (χ4n) is 1.77. The predicted molar refractivity (Wildman–Crippen MR) is 75.5 cm³/mol. The molecule has 0 unspecified atom stereocenters. The third-order valence-electron chi connectivity index (χ3n) is 2.63. The van der Waals surface area contributed by atoms with Gasteiger partial charge in [-0.3, -0.25) is 4.98 Å². The second-order valence-corrected chi connectivity index (χ2v) is 5.00. The van der Waals surface area contributed by atoms with E-state index in [1.807, 2.05) is 18.2 Å². The van der Waals surface area contributed by atoms with Gasteiger partial charge in [-0.15, -0.1) is 0 Å². The average molecular weight is 276 g/mol. The molecule has 3 aromatic rings. The van der Waals surface area contributed by atoms with Gasteiger partial charge < -0.3 is 15.5 Å². The molecule has 0 fully saturated rings. The number of oxazole rings is 1. The van der Waals surface area contributed by atoms with Gasteiger partial charge in [0.1, 0.15) is 0 Å². The number of aromatic nitrogens is 2. The van der Waals surface area contributed by atoms with E-state index in [0.29, 0.717) is 24.2 Å². The Morgan fingerprint density at radius 2 is 2.37 bits per heavy atom. The zero-order valence-corrected chi connectivity index (χ0v) is 10.8. The molecule has 0 radical (unpaired) electrons. The summed E-state index contributed by atoms with van der Waals surface area (Å²) >= 11 is 1.53. The number of aromatic amines is 1. The Balaban J connectivity index is 1.94. The predicted octanol–water partition coefficient (Wildman–Crippen LogP) is 1.62. The number of fused-ring (bicyclic) bond motifs is 1. The van der Waals surface area contributed by atoms with Crippen molar-refractivity contribution in [3.8, 4) is 10.4 Å². The Labute approximate surface area is 112 Å². The quantitative estimate of drug-likeness (QED) is 0.672. The van der Waals surface area contributed by atoms with Crippen LogP contribution in [0.2, 0.25) is 0 Å². The highest BCUT2D eigenvalue weighted by molar-refractivity contribution is 7.18. The Hall–Kier alpha value is -2.12. The summed E-state index contributed by atoms with van der Waals surface area (Å²) in [4.78, 5) is 19.0. The van der Waals surface area contributed by atoms with Crippen LogP contribution >= 0.6 is 11.3 Å². The Bertz CT molecular complexity index is 758. The van der Waals surface area contributed by atoms with Crippen LogP contribution in [0.1, 0.15) is 0 Å². The third-order valence-corrected chi connectivity index (χ3v) is 3.64. The molecule has 0 aliphatic rings. The van der Waals surface area contributed by atoms with E-state index < -0.39 is 5.76 Å². The zero-order valence-electron chi connectivity index (χ0n) is 9.97. The van der Waals surface area contributed by atoms with Crippen LogP contribution in [-0.2, 0) is 0 Å². The zero-order chi connectivity index (χ0) is 13.2. The van der Waals surface area contributed by atoms with Crippen LogP contribution in [-0.4, -0.2) is 23.1 Å². The van der Waals surface area contributed by atoms with Crippen molar-refractivity contribution in [3.05, 3.63) is 34.9 Å². The van der Waals surface area contributed by atoms with Crippen molar-refractivity contribution in [1.82, 2.24) is 9.97 Å². The van der Waals surface area contributed by atoms with Crippen LogP contribution in [0.25, 0.3) is 21.5 Å². The maximum Gasteiger partial charge on any atom is 0.417 e. The lowest BCUT2D eigenvalue weighted by atomic mass is 10.2. The van der Waals surface area contributed by atoms with E-state index in [1.54, 1.807) is 6.20 Å². The highest BCUT2D eigenvalue weighted by Gasteiger charge is 2.07. The SMILES string of the molecule is NCCNc1ncc(-c2ccc3[nH]c(=O)oc3c2)s1. The van der Waals surface area contributed by atoms with E-state index in [9.17, 15) is 4.79 Å². The molecule has 98 valence electrons. The molecule has 2 aromatic heterocycles. The smallest absolute Gasteiger partial charge is 0.408 e. The molecule has 6 nitrogen and oxygen atoms in total. The topological polar surface area (TPSA) is 96.9 Å². The monoisotopic (exact) mass is 276 g/mol. The second-order valence-electron chi connectivity index (χ2n) is 3.97. The van der Waals surface area contributed by atoms with Gasteiger partial charge in [-0.1, -0.05) is 17.4 Å². The molecule has 0 spiro atoms. The van der Waals surface area contributed by atoms with Crippen LogP contribution < -0.4 is 16.8 Å². The summed E-state index contributed by atoms with van der Waals surface area (Å²) in [7, 11) is 0. The molecule has 19 heavy (non-hydrogen) atoms. The molecule has 0 saturated heterocycles. The van der Waals surface area contributed by atoms with Crippen LogP contribution in [0, 0.1) is 0 Å². The van der Waals surface area contributed by atoms with Crippen molar-refractivity contribution in [1.29, 1.82) is 0 Å². The molecular formula is C12H12N4O2S. The van der Waals surface area contributed by atoms with E-state index in [2.05, 4.69) is 15.3 Å². The Morgan fingerprint density at radius 1 is 1.47 bits per heavy atom. The van der Waals surface area contributed by atoms with Crippen LogP contribution in [0.15, 0.2) is 33.6 Å². The maximum absolute atomic E-state index is 11.1. The largest absolute Gasteiger partial charge is 0.417 e. The van der Waals surface area contributed by atoms with Gasteiger partial charge in [0.05, 0.1) is 10.4 Å². The first-order valence-corrected chi connectivity index (χ1v) is 6.61. The number of anilines is 1. The molecule has 0 aliphatic carbocycles. The second kappa shape index (κ2) is 4.87. The number of hydrogen-bond donors (Lipinski definition) is 3. The number of rotatable bonds is 4. The summed E-state index contributed by atoms with van der Waals surface area (Å²) in [6.07, 6.45) is 1.79. The van der Waals surface area contributed by atoms with Crippen LogP contribution in [0.3, 0.4) is 0 Å². The fraction of sp³-hybridized carbons (Fsp3) is 0.167. The minimum atomic E-state index is -0.443. The molecule has 0 amide bonds. The molecule has 4 N–H and O–H groups in total. The summed E-state index contributed by atoms with van der Waals surface area (Å²) in [6, 6.07) is 5.57. The third kappa shape index (κ3) is 2.38. The minimum absolute atomic E-state index is 0.443. The highest BCUT2D eigenvalue weighted by Crippen LogP contribution is 2.30. The molecule has 0 atom stereocenters. The van der Waals surface area contributed by atoms with Gasteiger partial charge in [0.2, 0.25) is 0 Å². The van der Waals surface area contributed by atoms with Crippen molar-refractivity contribution >= 4 is 27.6 Å². The minimum Gasteiger partial charge on any atom is -0.408 e. The van der Waals surface area contributed by atoms with Crippen molar-refractivity contribution in [2.75, 3.05) is 18.4 Å². The van der Waals surface area contributed by atoms with Crippen molar-refractivity contribution in [2.24, 2.45) is 5.73 Å². The Morgan fingerprint density at radius 3 is 3.21 bits per heavy atom. The van der Waals surface area contributed by atoms with E-state index in [0.717, 1.165) is 15.6 Å². The van der Waals surface area contributed by atoms with E-state index >= 15 is 0 Å². The lowest BCUT2D eigenvalue weighted by Crippen LogP contribution is -2.12. The van der Waals surface area contributed by atoms with Crippen molar-refractivity contribution in [2.45, 2.75) is 0 Å². The number of nitrogens with one attached hydrogen (secondary N) is 2. The van der Waals surface area contributed by atoms with Gasteiger partial charge >= 0.3 is 5.76 Å². The molecule has 7 heteroatoms. The van der Waals surface area contributed by atoms with Crippen molar-refractivity contribution < 1.29 is 4.42 Å². The molecule has 0 saturated carbocycles. The van der Waals surface area contributed by atoms with Gasteiger partial charge in [-0.05, 0) is 17.7 Å². The standard InChI is InChI=1S/C12H12N4O2S/c13-3-4-14-11-15-6-10(19-11)7-1-2-8-9(5-7)18-12(17)16-8/h1-2,5-6H,3-4,13H2,(H,14,15)(H,16,17). The molecule has 1 aromatic carbocycles. The molecular weight excluding hydrogens is 264 g/mol. The Kier molecular flexibility index (Phi) is 3.06. The first-order valence-electron chi connectivity index (χ1n) is 5.79. The van der Waals surface area contributed by atoms with Crippen molar-refractivity contribution in [3.63, 3.8) is 0 Å². The maximum atomic E-state index is 11.1. The van der Waals surface area contributed by atoms with E-state index in [1.165, 1.54) is 11.3 Å². The van der Waals surface area contributed by atoms with Crippen LogP contribution in [0.4, 0.5) is 5.13 Å². The molecule has 0 aliphatic heterocycles. The first kappa shape index (κ1) is 11.9. The molecule has 3 rings (SSSR count). The lowest BCUT2D eigenvalue weighted by Gasteiger charge is -1.97. The molecule has 2 heterocycles. The molecule has 0 bridgehead atoms. The van der Waals surface area contributed by atoms with Gasteiger partial charge in [-0.2, -0.15) is 0 Å². The lowest BCUT2D eigenvalue weighted by molar-refractivity contribution is 0.555. The van der Waals surface area contributed by atoms with Gasteiger partial charge in [0.25, 0.3) is 0 Å². The fourth-order valence-corrected chi connectivity index (χ4v) is 2.61. The summed E-state index contributed by atoms with van der Waals surface area (Å²) in [5, 5.41) is 3.96. The normalized spacial score (nSPS) is 11.0. The van der Waals surface area contributed by atoms with Gasteiger partial charge in [0, 0.05) is 19.3 Å². The number of nitrogens with zero attached hydrogens (tertiary/aromatic N) is 1. The highest BCUT2D eigenvalue weighted by atomic mass is 32.1. The van der Waals surface area contributed by atoms with E-state index in [4.69, 9.17) is 10.2 Å². The van der Waals surface area contributed by atoms with Gasteiger partial charge in [-0.25, -0.2) is 9.78 Å². The van der Waals surface area contributed by atoms with Crippen LogP contribution in [0.5, 0.6) is 0 Å². The van der Waals surface area contributed by atoms with E-state index in [-0.39, 0.29) is 0 Å². The number of hydrogen-bond acceptors (Lipinski definition) is 6. The number of benzene rings is 1. The number of thiazole rings is 1. The summed E-state index contributed by atoms with van der Waals surface area (Å²) in [5.74, 6) is -0.443. The van der Waals surface area contributed by atoms with Gasteiger partial charge in [0.15, 0.2) is 10.7 Å². The summed E-state index contributed by atoms with van der Waals surface area (Å²) in [5.41, 5.74) is 7.64. The first-order chi connectivity index (χ1) is 9.26. The average Bonchev–Trinajstić information content (AvgIpc) is 3.00. The summed E-state index contributed by atoms with van der Waals surface area (Å²) < 4.78 is 5.04. The summed E-state index contributed by atoms with van der Waals surface area (Å²) in [6.45, 7) is 1.26. The number of H-pyrrole nitrogens is 1.